The Hall–Kier alpha value is -3.18. The van der Waals surface area contributed by atoms with Crippen LogP contribution in [0.5, 0.6) is 0 Å². The molecule has 4 aromatic rings. The molecule has 0 spiro atoms. The lowest BCUT2D eigenvalue weighted by atomic mass is 9.97. The van der Waals surface area contributed by atoms with Gasteiger partial charge in [-0.3, -0.25) is 0 Å². The molecule has 0 aliphatic heterocycles. The largest absolute Gasteiger partial charge is 0.476 e. The molecule has 4 rings (SSSR count). The second-order valence-electron chi connectivity index (χ2n) is 5.49. The standard InChI is InChI=1S/C19H12ClN3O2/c20-13-5-3-4-12(10-13)14-6-1-2-7-15(14)17-8-9-21-18-11-16(19(24)25)22-23(17)18/h1-11H,(H,24,25). The first kappa shape index (κ1) is 15.4. The van der Waals surface area contributed by atoms with Crippen molar-refractivity contribution in [1.29, 1.82) is 0 Å². The smallest absolute Gasteiger partial charge is 0.356 e. The van der Waals surface area contributed by atoms with Crippen molar-refractivity contribution in [1.82, 2.24) is 14.6 Å². The average Bonchev–Trinajstić information content (AvgIpc) is 3.06. The molecule has 0 aliphatic rings. The highest BCUT2D eigenvalue weighted by Gasteiger charge is 2.15. The van der Waals surface area contributed by atoms with Crippen LogP contribution in [-0.2, 0) is 0 Å². The highest BCUT2D eigenvalue weighted by molar-refractivity contribution is 6.30. The summed E-state index contributed by atoms with van der Waals surface area (Å²) in [6, 6.07) is 18.7. The minimum absolute atomic E-state index is 0.0415. The van der Waals surface area contributed by atoms with Gasteiger partial charge in [0.25, 0.3) is 0 Å². The number of hydrogen-bond acceptors (Lipinski definition) is 3. The Labute approximate surface area is 148 Å². The van der Waals surface area contributed by atoms with Crippen LogP contribution < -0.4 is 0 Å². The number of fused-ring (bicyclic) bond motifs is 1. The zero-order valence-corrected chi connectivity index (χ0v) is 13.7. The summed E-state index contributed by atoms with van der Waals surface area (Å²) < 4.78 is 1.55. The van der Waals surface area contributed by atoms with Crippen molar-refractivity contribution in [3.8, 4) is 22.4 Å². The molecule has 2 heterocycles. The number of aromatic carboxylic acids is 1. The van der Waals surface area contributed by atoms with Crippen LogP contribution in [0.15, 0.2) is 66.9 Å². The van der Waals surface area contributed by atoms with Crippen LogP contribution in [0.3, 0.4) is 0 Å². The molecule has 0 unspecified atom stereocenters. The van der Waals surface area contributed by atoms with E-state index in [0.29, 0.717) is 10.7 Å². The zero-order chi connectivity index (χ0) is 17.4. The summed E-state index contributed by atoms with van der Waals surface area (Å²) in [7, 11) is 0. The third-order valence-corrected chi connectivity index (χ3v) is 4.15. The monoisotopic (exact) mass is 349 g/mol. The number of carboxylic acids is 1. The zero-order valence-electron chi connectivity index (χ0n) is 12.9. The molecule has 0 saturated carbocycles. The van der Waals surface area contributed by atoms with E-state index < -0.39 is 5.97 Å². The fraction of sp³-hybridized carbons (Fsp3) is 0. The predicted octanol–water partition coefficient (Wildman–Crippen LogP) is 4.41. The lowest BCUT2D eigenvalue weighted by Crippen LogP contribution is -2.00. The molecule has 122 valence electrons. The molecule has 25 heavy (non-hydrogen) atoms. The first-order valence-electron chi connectivity index (χ1n) is 7.57. The molecule has 2 aromatic heterocycles. The van der Waals surface area contributed by atoms with Crippen LogP contribution in [0.25, 0.3) is 28.0 Å². The second-order valence-corrected chi connectivity index (χ2v) is 5.93. The van der Waals surface area contributed by atoms with Gasteiger partial charge in [0.2, 0.25) is 0 Å². The first-order chi connectivity index (χ1) is 12.1. The molecule has 0 radical (unpaired) electrons. The Morgan fingerprint density at radius 2 is 1.80 bits per heavy atom. The number of hydrogen-bond donors (Lipinski definition) is 1. The molecule has 1 N–H and O–H groups in total. The number of aromatic nitrogens is 3. The third kappa shape index (κ3) is 2.75. The number of carboxylic acid groups (broad SMARTS) is 1. The van der Waals surface area contributed by atoms with Crippen LogP contribution in [0, 0.1) is 0 Å². The molecule has 0 bridgehead atoms. The van der Waals surface area contributed by atoms with Gasteiger partial charge in [-0.25, -0.2) is 14.3 Å². The van der Waals surface area contributed by atoms with Crippen LogP contribution in [-0.4, -0.2) is 25.7 Å². The van der Waals surface area contributed by atoms with Crippen molar-refractivity contribution in [3.63, 3.8) is 0 Å². The lowest BCUT2D eigenvalue weighted by molar-refractivity contribution is 0.0690. The van der Waals surface area contributed by atoms with Crippen molar-refractivity contribution >= 4 is 23.2 Å². The summed E-state index contributed by atoms with van der Waals surface area (Å²) >= 11 is 6.13. The summed E-state index contributed by atoms with van der Waals surface area (Å²) in [5.41, 5.74) is 4.06. The Morgan fingerprint density at radius 3 is 2.56 bits per heavy atom. The van der Waals surface area contributed by atoms with E-state index in [1.54, 1.807) is 10.7 Å². The van der Waals surface area contributed by atoms with Gasteiger partial charge in [0.05, 0.1) is 5.69 Å². The Balaban J connectivity index is 1.97. The van der Waals surface area contributed by atoms with E-state index in [1.165, 1.54) is 6.07 Å². The predicted molar refractivity (Wildman–Crippen MR) is 95.8 cm³/mol. The van der Waals surface area contributed by atoms with Crippen molar-refractivity contribution in [2.24, 2.45) is 0 Å². The number of rotatable bonds is 3. The number of benzene rings is 2. The van der Waals surface area contributed by atoms with Gasteiger partial charge in [0.15, 0.2) is 11.3 Å². The number of nitrogens with zero attached hydrogens (tertiary/aromatic N) is 3. The molecule has 0 atom stereocenters. The van der Waals surface area contributed by atoms with Gasteiger partial charge in [-0.2, -0.15) is 5.10 Å². The van der Waals surface area contributed by atoms with Crippen molar-refractivity contribution in [3.05, 3.63) is 77.6 Å². The first-order valence-corrected chi connectivity index (χ1v) is 7.95. The maximum atomic E-state index is 11.2. The molecular formula is C19H12ClN3O2. The molecule has 2 aromatic carbocycles. The van der Waals surface area contributed by atoms with Gasteiger partial charge in [-0.1, -0.05) is 48.0 Å². The van der Waals surface area contributed by atoms with Gasteiger partial charge < -0.3 is 5.11 Å². The van der Waals surface area contributed by atoms with Gasteiger partial charge in [-0.05, 0) is 29.3 Å². The molecular weight excluding hydrogens is 338 g/mol. The fourth-order valence-electron chi connectivity index (χ4n) is 2.82. The second kappa shape index (κ2) is 6.03. The minimum Gasteiger partial charge on any atom is -0.476 e. The maximum Gasteiger partial charge on any atom is 0.356 e. The SMILES string of the molecule is O=C(O)c1cc2nccc(-c3ccccc3-c3cccc(Cl)c3)n2n1. The van der Waals surface area contributed by atoms with Gasteiger partial charge in [0.1, 0.15) is 0 Å². The van der Waals surface area contributed by atoms with Gasteiger partial charge >= 0.3 is 5.97 Å². The average molecular weight is 350 g/mol. The van der Waals surface area contributed by atoms with Gasteiger partial charge in [0, 0.05) is 22.8 Å². The topological polar surface area (TPSA) is 67.5 Å². The van der Waals surface area contributed by atoms with Crippen LogP contribution in [0.2, 0.25) is 5.02 Å². The summed E-state index contributed by atoms with van der Waals surface area (Å²) in [5, 5.41) is 14.0. The molecule has 0 amide bonds. The van der Waals surface area contributed by atoms with E-state index >= 15 is 0 Å². The molecule has 0 fully saturated rings. The Morgan fingerprint density at radius 1 is 1.00 bits per heavy atom. The number of halogens is 1. The quantitative estimate of drug-likeness (QED) is 0.594. The lowest BCUT2D eigenvalue weighted by Gasteiger charge is -2.11. The normalized spacial score (nSPS) is 10.9. The Kier molecular flexibility index (Phi) is 3.71. The molecule has 6 heteroatoms. The molecule has 0 aliphatic carbocycles. The van der Waals surface area contributed by atoms with Crippen LogP contribution >= 0.6 is 11.6 Å². The van der Waals surface area contributed by atoms with E-state index in [-0.39, 0.29) is 5.69 Å². The van der Waals surface area contributed by atoms with E-state index in [4.69, 9.17) is 11.6 Å². The molecule has 5 nitrogen and oxygen atoms in total. The van der Waals surface area contributed by atoms with Crippen molar-refractivity contribution in [2.45, 2.75) is 0 Å². The number of carbonyl (C=O) groups is 1. The Bertz CT molecular complexity index is 1100. The van der Waals surface area contributed by atoms with E-state index in [0.717, 1.165) is 22.4 Å². The summed E-state index contributed by atoms with van der Waals surface area (Å²) in [6.45, 7) is 0. The summed E-state index contributed by atoms with van der Waals surface area (Å²) in [4.78, 5) is 15.4. The van der Waals surface area contributed by atoms with Gasteiger partial charge in [-0.15, -0.1) is 0 Å². The minimum atomic E-state index is -1.08. The highest BCUT2D eigenvalue weighted by Crippen LogP contribution is 2.33. The van der Waals surface area contributed by atoms with E-state index in [9.17, 15) is 9.90 Å². The summed E-state index contributed by atoms with van der Waals surface area (Å²) in [5.74, 6) is -1.08. The van der Waals surface area contributed by atoms with Crippen LogP contribution in [0.1, 0.15) is 10.5 Å². The van der Waals surface area contributed by atoms with Crippen molar-refractivity contribution < 1.29 is 9.90 Å². The van der Waals surface area contributed by atoms with Crippen LogP contribution in [0.4, 0.5) is 0 Å². The highest BCUT2D eigenvalue weighted by atomic mass is 35.5. The summed E-state index contributed by atoms with van der Waals surface area (Å²) in [6.07, 6.45) is 1.65. The maximum absolute atomic E-state index is 11.2. The molecule has 0 saturated heterocycles. The van der Waals surface area contributed by atoms with E-state index in [2.05, 4.69) is 10.1 Å². The van der Waals surface area contributed by atoms with Crippen molar-refractivity contribution in [2.75, 3.05) is 0 Å². The fourth-order valence-corrected chi connectivity index (χ4v) is 3.01. The third-order valence-electron chi connectivity index (χ3n) is 3.92. The van der Waals surface area contributed by atoms with E-state index in [1.807, 2.05) is 54.6 Å².